The van der Waals surface area contributed by atoms with Crippen LogP contribution in [0.1, 0.15) is 30.2 Å². The monoisotopic (exact) mass is 408 g/mol. The highest BCUT2D eigenvalue weighted by molar-refractivity contribution is 7.91. The maximum Gasteiger partial charge on any atom is 0.252 e. The number of hydrogen-bond acceptors (Lipinski definition) is 4. The van der Waals surface area contributed by atoms with Crippen LogP contribution in [0.4, 0.5) is 0 Å². The largest absolute Gasteiger partial charge is 0.357 e. The molecule has 1 unspecified atom stereocenters. The predicted octanol–water partition coefficient (Wildman–Crippen LogP) is 2.86. The zero-order valence-electron chi connectivity index (χ0n) is 16.3. The van der Waals surface area contributed by atoms with Crippen LogP contribution in [0.15, 0.2) is 51.7 Å². The van der Waals surface area contributed by atoms with Crippen LogP contribution < -0.4 is 10.6 Å². The van der Waals surface area contributed by atoms with E-state index in [-0.39, 0.29) is 0 Å². The van der Waals surface area contributed by atoms with Gasteiger partial charge in [0.15, 0.2) is 5.96 Å². The molecule has 148 valence electrons. The normalized spacial score (nSPS) is 13.6. The van der Waals surface area contributed by atoms with Crippen LogP contribution in [0, 0.1) is 0 Å². The van der Waals surface area contributed by atoms with Crippen molar-refractivity contribution in [2.75, 3.05) is 27.2 Å². The van der Waals surface area contributed by atoms with Crippen LogP contribution in [0.3, 0.4) is 0 Å². The number of rotatable bonds is 8. The Hall–Kier alpha value is -1.90. The van der Waals surface area contributed by atoms with E-state index in [1.165, 1.54) is 35.3 Å². The van der Waals surface area contributed by atoms with Gasteiger partial charge in [-0.25, -0.2) is 17.7 Å². The van der Waals surface area contributed by atoms with E-state index in [2.05, 4.69) is 34.7 Å². The molecule has 0 aliphatic heterocycles. The maximum atomic E-state index is 12.2. The second-order valence-corrected chi connectivity index (χ2v) is 9.94. The van der Waals surface area contributed by atoms with E-state index in [0.717, 1.165) is 23.9 Å². The molecule has 0 amide bonds. The van der Waals surface area contributed by atoms with Crippen molar-refractivity contribution in [2.45, 2.75) is 30.5 Å². The average molecular weight is 409 g/mol. The Bertz CT molecular complexity index is 846. The molecule has 27 heavy (non-hydrogen) atoms. The van der Waals surface area contributed by atoms with E-state index in [9.17, 15) is 8.42 Å². The molecule has 1 atom stereocenters. The minimum Gasteiger partial charge on any atom is -0.357 e. The Morgan fingerprint density at radius 1 is 1.15 bits per heavy atom. The summed E-state index contributed by atoms with van der Waals surface area (Å²) in [7, 11) is -0.313. The standard InChI is InChI=1S/C19H28N4O2S2/c1-5-20-19(21-13-15(2)16-9-7-6-8-10-16)22-14-17-11-12-18(26-17)27(24,25)23(3)4/h6-12,15H,5,13-14H2,1-4H3,(H2,20,21,22). The van der Waals surface area contributed by atoms with Crippen LogP contribution >= 0.6 is 11.3 Å². The van der Waals surface area contributed by atoms with Gasteiger partial charge >= 0.3 is 0 Å². The minimum atomic E-state index is -3.38. The molecule has 8 heteroatoms. The molecule has 2 N–H and O–H groups in total. The fourth-order valence-electron chi connectivity index (χ4n) is 2.41. The summed E-state index contributed by atoms with van der Waals surface area (Å²) in [5.41, 5.74) is 1.28. The van der Waals surface area contributed by atoms with E-state index >= 15 is 0 Å². The van der Waals surface area contributed by atoms with E-state index in [4.69, 9.17) is 0 Å². The van der Waals surface area contributed by atoms with E-state index < -0.39 is 10.0 Å². The quantitative estimate of drug-likeness (QED) is 0.520. The number of guanidine groups is 1. The third kappa shape index (κ3) is 6.05. The molecule has 0 saturated heterocycles. The number of nitrogens with one attached hydrogen (secondary N) is 2. The Morgan fingerprint density at radius 2 is 1.85 bits per heavy atom. The van der Waals surface area contributed by atoms with Crippen LogP contribution in [0.2, 0.25) is 0 Å². The number of nitrogens with zero attached hydrogens (tertiary/aromatic N) is 2. The fraction of sp³-hybridized carbons (Fsp3) is 0.421. The third-order valence-corrected chi connectivity index (χ3v) is 7.41. The fourth-order valence-corrected chi connectivity index (χ4v) is 4.86. The van der Waals surface area contributed by atoms with Crippen LogP contribution in [0.25, 0.3) is 0 Å². The predicted molar refractivity (Wildman–Crippen MR) is 113 cm³/mol. The minimum absolute atomic E-state index is 0.341. The zero-order chi connectivity index (χ0) is 19.9. The van der Waals surface area contributed by atoms with E-state index in [1.54, 1.807) is 6.07 Å². The van der Waals surface area contributed by atoms with Crippen molar-refractivity contribution in [2.24, 2.45) is 4.99 Å². The number of aliphatic imine (C=N–C) groups is 1. The van der Waals surface area contributed by atoms with Crippen molar-refractivity contribution in [3.8, 4) is 0 Å². The van der Waals surface area contributed by atoms with Gasteiger partial charge in [0, 0.05) is 32.1 Å². The maximum absolute atomic E-state index is 12.2. The number of sulfonamides is 1. The summed E-state index contributed by atoms with van der Waals surface area (Å²) in [6.07, 6.45) is 0. The van der Waals surface area contributed by atoms with Gasteiger partial charge in [-0.3, -0.25) is 0 Å². The first-order valence-electron chi connectivity index (χ1n) is 8.93. The SMILES string of the molecule is CCNC(=NCc1ccc(S(=O)(=O)N(C)C)s1)NCC(C)c1ccccc1. The van der Waals surface area contributed by atoms with Gasteiger partial charge in [0.2, 0.25) is 0 Å². The van der Waals surface area contributed by atoms with Gasteiger partial charge in [-0.1, -0.05) is 37.3 Å². The molecule has 2 aromatic rings. The third-order valence-electron chi connectivity index (χ3n) is 4.05. The zero-order valence-corrected chi connectivity index (χ0v) is 17.9. The Kier molecular flexibility index (Phi) is 7.82. The molecule has 0 saturated carbocycles. The van der Waals surface area contributed by atoms with Crippen LogP contribution in [-0.4, -0.2) is 45.9 Å². The Morgan fingerprint density at radius 3 is 2.48 bits per heavy atom. The lowest BCUT2D eigenvalue weighted by Crippen LogP contribution is -2.39. The van der Waals surface area contributed by atoms with Crippen molar-refractivity contribution < 1.29 is 8.42 Å². The first-order chi connectivity index (χ1) is 12.8. The lowest BCUT2D eigenvalue weighted by Gasteiger charge is -2.16. The van der Waals surface area contributed by atoms with Crippen molar-refractivity contribution in [3.05, 3.63) is 52.9 Å². The van der Waals surface area contributed by atoms with E-state index in [0.29, 0.717) is 16.7 Å². The highest BCUT2D eigenvalue weighted by Crippen LogP contribution is 2.24. The molecule has 2 rings (SSSR count). The number of thiophene rings is 1. The molecule has 0 bridgehead atoms. The van der Waals surface area contributed by atoms with Crippen molar-refractivity contribution in [3.63, 3.8) is 0 Å². The second-order valence-electron chi connectivity index (χ2n) is 6.40. The highest BCUT2D eigenvalue weighted by Gasteiger charge is 2.19. The lowest BCUT2D eigenvalue weighted by atomic mass is 10.0. The summed E-state index contributed by atoms with van der Waals surface area (Å²) in [5, 5.41) is 6.59. The first-order valence-corrected chi connectivity index (χ1v) is 11.2. The topological polar surface area (TPSA) is 73.8 Å². The van der Waals surface area contributed by atoms with Crippen molar-refractivity contribution >= 4 is 27.3 Å². The number of benzene rings is 1. The van der Waals surface area contributed by atoms with Gasteiger partial charge in [0.25, 0.3) is 10.0 Å². The molecule has 1 heterocycles. The summed E-state index contributed by atoms with van der Waals surface area (Å²) >= 11 is 1.26. The molecule has 0 aliphatic rings. The van der Waals surface area contributed by atoms with E-state index in [1.807, 2.05) is 31.2 Å². The van der Waals surface area contributed by atoms with Crippen molar-refractivity contribution in [1.29, 1.82) is 0 Å². The van der Waals surface area contributed by atoms with Crippen LogP contribution in [0.5, 0.6) is 0 Å². The van der Waals surface area contributed by atoms with Gasteiger partial charge < -0.3 is 10.6 Å². The van der Waals surface area contributed by atoms with Gasteiger partial charge in [-0.15, -0.1) is 11.3 Å². The van der Waals surface area contributed by atoms with Gasteiger partial charge in [-0.2, -0.15) is 0 Å². The molecule has 6 nitrogen and oxygen atoms in total. The molecule has 1 aromatic carbocycles. The Labute approximate surface area is 166 Å². The highest BCUT2D eigenvalue weighted by atomic mass is 32.2. The summed E-state index contributed by atoms with van der Waals surface area (Å²) in [6, 6.07) is 13.8. The summed E-state index contributed by atoms with van der Waals surface area (Å²) in [4.78, 5) is 5.49. The van der Waals surface area contributed by atoms with Gasteiger partial charge in [0.05, 0.1) is 6.54 Å². The molecular weight excluding hydrogens is 380 g/mol. The second kappa shape index (κ2) is 9.87. The molecule has 0 radical (unpaired) electrons. The van der Waals surface area contributed by atoms with Crippen molar-refractivity contribution in [1.82, 2.24) is 14.9 Å². The molecule has 1 aromatic heterocycles. The van der Waals surface area contributed by atoms with Crippen LogP contribution in [-0.2, 0) is 16.6 Å². The lowest BCUT2D eigenvalue weighted by molar-refractivity contribution is 0.523. The summed E-state index contributed by atoms with van der Waals surface area (Å²) in [5.74, 6) is 1.08. The van der Waals surface area contributed by atoms with Gasteiger partial charge in [-0.05, 0) is 30.5 Å². The Balaban J connectivity index is 2.00. The summed E-state index contributed by atoms with van der Waals surface area (Å²) in [6.45, 7) is 6.15. The summed E-state index contributed by atoms with van der Waals surface area (Å²) < 4.78 is 25.9. The first kappa shape index (κ1) is 21.4. The average Bonchev–Trinajstić information content (AvgIpc) is 3.14. The smallest absolute Gasteiger partial charge is 0.252 e. The molecule has 0 aliphatic carbocycles. The molecular formula is C19H28N4O2S2. The number of hydrogen-bond donors (Lipinski definition) is 2. The van der Waals surface area contributed by atoms with Gasteiger partial charge in [0.1, 0.15) is 4.21 Å². The molecule has 0 spiro atoms. The molecule has 0 fully saturated rings.